The van der Waals surface area contributed by atoms with Crippen LogP contribution in [0, 0.1) is 5.92 Å². The molecule has 3 aliphatic rings. The van der Waals surface area contributed by atoms with E-state index in [1.807, 2.05) is 18.4 Å². The van der Waals surface area contributed by atoms with Crippen molar-refractivity contribution in [2.45, 2.75) is 89.7 Å². The number of ether oxygens (including phenoxy) is 2. The number of carbonyl (C=O) groups is 1. The number of fused-ring (bicyclic) bond motifs is 1. The highest BCUT2D eigenvalue weighted by Crippen LogP contribution is 2.48. The maximum Gasteiger partial charge on any atom is 0.327 e. The highest BCUT2D eigenvalue weighted by atomic mass is 35.5. The molecule has 2 saturated carbocycles. The second-order valence-electron chi connectivity index (χ2n) is 11.1. The summed E-state index contributed by atoms with van der Waals surface area (Å²) in [6.07, 6.45) is 8.87. The van der Waals surface area contributed by atoms with E-state index in [1.165, 1.54) is 11.3 Å². The number of nitrogens with zero attached hydrogens (tertiary/aromatic N) is 5. The van der Waals surface area contributed by atoms with E-state index in [0.717, 1.165) is 32.1 Å². The predicted octanol–water partition coefficient (Wildman–Crippen LogP) is 5.67. The molecule has 1 aliphatic heterocycles. The first-order valence-electron chi connectivity index (χ1n) is 15.0. The van der Waals surface area contributed by atoms with Gasteiger partial charge in [0.25, 0.3) is 0 Å². The van der Waals surface area contributed by atoms with Crippen molar-refractivity contribution in [2.75, 3.05) is 18.7 Å². The Morgan fingerprint density at radius 1 is 1.21 bits per heavy atom. The van der Waals surface area contributed by atoms with E-state index in [2.05, 4.69) is 27.0 Å². The first kappa shape index (κ1) is 31.8. The van der Waals surface area contributed by atoms with E-state index in [-0.39, 0.29) is 36.9 Å². The third-order valence-electron chi connectivity index (χ3n) is 7.80. The Morgan fingerprint density at radius 3 is 2.60 bits per heavy atom. The van der Waals surface area contributed by atoms with Crippen molar-refractivity contribution in [1.29, 1.82) is 0 Å². The maximum atomic E-state index is 13.1. The molecular formula is C29H41ClN7O5P. The summed E-state index contributed by atoms with van der Waals surface area (Å²) in [5, 5.41) is 5.39. The third kappa shape index (κ3) is 7.38. The topological polar surface area (TPSA) is 139 Å². The van der Waals surface area contributed by atoms with Crippen LogP contribution < -0.4 is 20.5 Å². The smallest absolute Gasteiger partial charge is 0.327 e. The van der Waals surface area contributed by atoms with Gasteiger partial charge in [-0.05, 0) is 69.2 Å². The van der Waals surface area contributed by atoms with Gasteiger partial charge in [-0.1, -0.05) is 32.4 Å². The fraction of sp³-hybridized carbons (Fsp3) is 0.586. The number of hydrogen-bond acceptors (Lipinski definition) is 11. The van der Waals surface area contributed by atoms with Gasteiger partial charge in [-0.2, -0.15) is 0 Å². The van der Waals surface area contributed by atoms with Gasteiger partial charge in [-0.3, -0.25) is 14.4 Å². The Labute approximate surface area is 258 Å². The number of nitrogens with two attached hydrogens (primary N) is 1. The van der Waals surface area contributed by atoms with Crippen LogP contribution in [0.2, 0.25) is 5.02 Å². The summed E-state index contributed by atoms with van der Waals surface area (Å²) in [6.45, 7) is 6.40. The summed E-state index contributed by atoms with van der Waals surface area (Å²) in [6, 6.07) is 7.07. The molecule has 43 heavy (non-hydrogen) atoms. The number of hydrogen-bond donors (Lipinski definition) is 2. The number of aromatic nitrogens is 4. The molecule has 3 N–H and O–H groups in total. The van der Waals surface area contributed by atoms with Crippen molar-refractivity contribution in [3.8, 4) is 5.75 Å². The Balaban J connectivity index is 0.00000180. The van der Waals surface area contributed by atoms with Gasteiger partial charge in [0.1, 0.15) is 29.9 Å². The molecule has 3 heterocycles. The van der Waals surface area contributed by atoms with Crippen LogP contribution in [0.25, 0.3) is 11.2 Å². The number of carbonyl (C=O) groups excluding carboxylic acids is 1. The maximum absolute atomic E-state index is 13.1. The van der Waals surface area contributed by atoms with Gasteiger partial charge in [-0.15, -0.1) is 0 Å². The molecule has 6 rings (SSSR count). The van der Waals surface area contributed by atoms with E-state index < -0.39 is 14.1 Å². The number of esters is 1. The molecule has 4 atom stereocenters. The zero-order chi connectivity index (χ0) is 30.6. The quantitative estimate of drug-likeness (QED) is 0.117. The van der Waals surface area contributed by atoms with E-state index >= 15 is 0 Å². The van der Waals surface area contributed by atoms with Crippen LogP contribution in [0.1, 0.15) is 71.9 Å². The van der Waals surface area contributed by atoms with Crippen molar-refractivity contribution < 1.29 is 23.3 Å². The summed E-state index contributed by atoms with van der Waals surface area (Å²) in [5.74, 6) is 7.01. The second kappa shape index (κ2) is 14.0. The van der Waals surface area contributed by atoms with Gasteiger partial charge >= 0.3 is 14.5 Å². The van der Waals surface area contributed by atoms with Crippen molar-refractivity contribution in [3.63, 3.8) is 0 Å². The minimum absolute atomic E-state index is 0.00211. The van der Waals surface area contributed by atoms with Crippen LogP contribution in [0.5, 0.6) is 5.75 Å². The van der Waals surface area contributed by atoms with Gasteiger partial charge in [0.15, 0.2) is 17.0 Å². The third-order valence-corrected chi connectivity index (χ3v) is 9.43. The lowest BCUT2D eigenvalue weighted by Gasteiger charge is -2.25. The second-order valence-corrected chi connectivity index (χ2v) is 12.7. The zero-order valence-electron chi connectivity index (χ0n) is 25.1. The standard InChI is InChI=1S/C27H35ClN7O5P.C2H6/c1-17-13-21(38-25(17)35-16-32-22-23(34(2)29)30-15-31-24(22)35)14-37-41(40-20-9-7-18(28)8-10-20)33-27(11-12-27)26(36)39-19-5-3-4-6-19;1-2/h7-10,15-17,19,21,25,33H,3-6,11-14,29H2,1-2H3;1-2H3. The summed E-state index contributed by atoms with van der Waals surface area (Å²) in [7, 11) is 0.0246. The first-order chi connectivity index (χ1) is 20.8. The molecule has 4 unspecified atom stereocenters. The molecule has 234 valence electrons. The number of hydrazine groups is 1. The van der Waals surface area contributed by atoms with Crippen LogP contribution in [0.15, 0.2) is 36.9 Å². The average molecular weight is 634 g/mol. The summed E-state index contributed by atoms with van der Waals surface area (Å²) < 4.78 is 26.7. The summed E-state index contributed by atoms with van der Waals surface area (Å²) >= 11 is 6.07. The van der Waals surface area contributed by atoms with Crippen molar-refractivity contribution in [1.82, 2.24) is 24.6 Å². The van der Waals surface area contributed by atoms with Crippen LogP contribution in [0.4, 0.5) is 5.82 Å². The Morgan fingerprint density at radius 2 is 1.93 bits per heavy atom. The predicted molar refractivity (Wildman–Crippen MR) is 165 cm³/mol. The molecule has 3 fully saturated rings. The lowest BCUT2D eigenvalue weighted by Crippen LogP contribution is -2.40. The lowest BCUT2D eigenvalue weighted by atomic mass is 10.1. The Kier molecular flexibility index (Phi) is 10.4. The lowest BCUT2D eigenvalue weighted by molar-refractivity contribution is -0.152. The molecule has 12 nitrogen and oxygen atoms in total. The van der Waals surface area contributed by atoms with Crippen molar-refractivity contribution >= 4 is 43.1 Å². The van der Waals surface area contributed by atoms with Gasteiger partial charge < -0.3 is 18.5 Å². The van der Waals surface area contributed by atoms with Crippen LogP contribution in [-0.2, 0) is 18.8 Å². The van der Waals surface area contributed by atoms with Gasteiger partial charge in [0.05, 0.1) is 19.0 Å². The fourth-order valence-corrected chi connectivity index (χ4v) is 6.97. The van der Waals surface area contributed by atoms with Crippen molar-refractivity contribution in [2.24, 2.45) is 11.8 Å². The molecule has 0 radical (unpaired) electrons. The van der Waals surface area contributed by atoms with E-state index in [4.69, 9.17) is 36.0 Å². The van der Waals surface area contributed by atoms with E-state index in [9.17, 15) is 4.79 Å². The number of halogens is 1. The molecule has 14 heteroatoms. The SMILES string of the molecule is CC.CC1CC(COP(NC2(C(=O)OC3CCCC3)CC2)Oc2ccc(Cl)cc2)OC1n1cnc2c(N(C)N)ncnc21. The minimum Gasteiger partial charge on any atom is -0.461 e. The highest BCUT2D eigenvalue weighted by molar-refractivity contribution is 7.45. The number of rotatable bonds is 11. The average Bonchev–Trinajstić information content (AvgIpc) is 3.30. The number of benzene rings is 1. The molecule has 0 spiro atoms. The van der Waals surface area contributed by atoms with Crippen LogP contribution >= 0.6 is 20.1 Å². The van der Waals surface area contributed by atoms with Crippen LogP contribution in [0.3, 0.4) is 0 Å². The fourth-order valence-electron chi connectivity index (χ4n) is 5.40. The van der Waals surface area contributed by atoms with Gasteiger partial charge in [-0.25, -0.2) is 25.9 Å². The monoisotopic (exact) mass is 633 g/mol. The number of anilines is 1. The Hall–Kier alpha value is -2.60. The molecule has 3 aromatic rings. The van der Waals surface area contributed by atoms with Crippen LogP contribution in [-0.4, -0.2) is 56.9 Å². The molecular weight excluding hydrogens is 593 g/mol. The first-order valence-corrected chi connectivity index (χ1v) is 16.5. The normalized spacial score (nSPS) is 23.4. The van der Waals surface area contributed by atoms with Gasteiger partial charge in [0.2, 0.25) is 0 Å². The molecule has 2 aromatic heterocycles. The van der Waals surface area contributed by atoms with E-state index in [0.29, 0.717) is 40.6 Å². The zero-order valence-corrected chi connectivity index (χ0v) is 26.8. The summed E-state index contributed by atoms with van der Waals surface area (Å²) in [4.78, 5) is 26.3. The molecule has 0 bridgehead atoms. The Bertz CT molecular complexity index is 1370. The number of imidazole rings is 1. The highest BCUT2D eigenvalue weighted by Gasteiger charge is 2.54. The molecule has 1 aromatic carbocycles. The largest absolute Gasteiger partial charge is 0.461 e. The number of nitrogens with one attached hydrogen (secondary N) is 1. The van der Waals surface area contributed by atoms with Gasteiger partial charge in [0, 0.05) is 18.0 Å². The molecule has 0 amide bonds. The summed E-state index contributed by atoms with van der Waals surface area (Å²) in [5.41, 5.74) is 0.476. The van der Waals surface area contributed by atoms with E-state index in [1.54, 1.807) is 37.6 Å². The molecule has 1 saturated heterocycles. The minimum atomic E-state index is -1.69. The molecule has 2 aliphatic carbocycles. The van der Waals surface area contributed by atoms with Crippen molar-refractivity contribution in [3.05, 3.63) is 41.9 Å².